The number of sulfonamides is 1. The number of nitrogens with one attached hydrogen (secondary N) is 2. The first-order valence-corrected chi connectivity index (χ1v) is 8.42. The second kappa shape index (κ2) is 6.41. The van der Waals surface area contributed by atoms with E-state index in [1.165, 1.54) is 12.1 Å². The van der Waals surface area contributed by atoms with Gasteiger partial charge in [-0.25, -0.2) is 12.8 Å². The van der Waals surface area contributed by atoms with Crippen LogP contribution in [0.5, 0.6) is 0 Å². The number of hydrogen-bond donors (Lipinski definition) is 2. The number of halogens is 1. The Bertz CT molecular complexity index is 557. The molecule has 1 aliphatic heterocycles. The minimum absolute atomic E-state index is 0.0375. The summed E-state index contributed by atoms with van der Waals surface area (Å²) in [4.78, 5) is 0. The lowest BCUT2D eigenvalue weighted by molar-refractivity contribution is 0.0699. The van der Waals surface area contributed by atoms with Gasteiger partial charge in [0.1, 0.15) is 5.82 Å². The van der Waals surface area contributed by atoms with Gasteiger partial charge in [0.15, 0.2) is 0 Å². The quantitative estimate of drug-likeness (QED) is 0.873. The molecule has 0 aromatic heterocycles. The maximum Gasteiger partial charge on any atom is 0.229 e. The van der Waals surface area contributed by atoms with E-state index in [0.717, 1.165) is 38.9 Å². The Labute approximate surface area is 118 Å². The molecule has 0 amide bonds. The van der Waals surface area contributed by atoms with Gasteiger partial charge in [0.25, 0.3) is 0 Å². The molecule has 1 aromatic rings. The molecule has 0 bridgehead atoms. The normalized spacial score (nSPS) is 16.9. The first-order chi connectivity index (χ1) is 9.44. The third kappa shape index (κ3) is 4.64. The van der Waals surface area contributed by atoms with Gasteiger partial charge in [-0.3, -0.25) is 4.72 Å². The van der Waals surface area contributed by atoms with E-state index in [-0.39, 0.29) is 5.69 Å². The molecule has 1 fully saturated rings. The summed E-state index contributed by atoms with van der Waals surface area (Å²) in [5.41, 5.74) is 0.661. The van der Waals surface area contributed by atoms with Crippen LogP contribution >= 0.6 is 0 Å². The number of anilines is 2. The van der Waals surface area contributed by atoms with Crippen molar-refractivity contribution in [2.24, 2.45) is 5.92 Å². The van der Waals surface area contributed by atoms with Gasteiger partial charge >= 0.3 is 0 Å². The summed E-state index contributed by atoms with van der Waals surface area (Å²) < 4.78 is 43.3. The third-order valence-corrected chi connectivity index (χ3v) is 3.79. The molecule has 20 heavy (non-hydrogen) atoms. The molecule has 112 valence electrons. The van der Waals surface area contributed by atoms with Crippen LogP contribution in [0.1, 0.15) is 12.8 Å². The fourth-order valence-corrected chi connectivity index (χ4v) is 2.68. The van der Waals surface area contributed by atoms with E-state index in [1.54, 1.807) is 6.07 Å². The van der Waals surface area contributed by atoms with Gasteiger partial charge in [-0.05, 0) is 37.0 Å². The highest BCUT2D eigenvalue weighted by Gasteiger charge is 2.14. The molecule has 7 heteroatoms. The van der Waals surface area contributed by atoms with Crippen LogP contribution in [-0.4, -0.2) is 34.4 Å². The minimum atomic E-state index is -3.49. The van der Waals surface area contributed by atoms with Crippen LogP contribution in [0.15, 0.2) is 18.2 Å². The van der Waals surface area contributed by atoms with Crippen LogP contribution in [0.25, 0.3) is 0 Å². The molecule has 1 saturated heterocycles. The topological polar surface area (TPSA) is 67.4 Å². The Morgan fingerprint density at radius 1 is 1.35 bits per heavy atom. The molecule has 2 N–H and O–H groups in total. The molecule has 1 aromatic carbocycles. The number of rotatable bonds is 5. The van der Waals surface area contributed by atoms with Gasteiger partial charge in [-0.15, -0.1) is 0 Å². The Morgan fingerprint density at radius 3 is 2.70 bits per heavy atom. The lowest BCUT2D eigenvalue weighted by Gasteiger charge is -2.22. The standard InChI is InChI=1S/C13H19FN2O3S/c1-20(17,18)16-13-8-11(2-3-12(13)14)15-9-10-4-6-19-7-5-10/h2-3,8,10,15-16H,4-7,9H2,1H3. The zero-order chi connectivity index (χ0) is 14.6. The average Bonchev–Trinajstić information content (AvgIpc) is 2.39. The Kier molecular flexibility index (Phi) is 4.82. The van der Waals surface area contributed by atoms with E-state index >= 15 is 0 Å². The average molecular weight is 302 g/mol. The van der Waals surface area contributed by atoms with Crippen LogP contribution < -0.4 is 10.0 Å². The fourth-order valence-electron chi connectivity index (χ4n) is 2.13. The molecule has 0 spiro atoms. The van der Waals surface area contributed by atoms with E-state index in [9.17, 15) is 12.8 Å². The van der Waals surface area contributed by atoms with Crippen molar-refractivity contribution in [3.63, 3.8) is 0 Å². The van der Waals surface area contributed by atoms with Crippen molar-refractivity contribution in [1.82, 2.24) is 0 Å². The molecule has 0 aliphatic carbocycles. The second-order valence-electron chi connectivity index (χ2n) is 5.01. The fraction of sp³-hybridized carbons (Fsp3) is 0.538. The zero-order valence-corrected chi connectivity index (χ0v) is 12.2. The lowest BCUT2D eigenvalue weighted by atomic mass is 10.0. The van der Waals surface area contributed by atoms with Gasteiger partial charge in [0.2, 0.25) is 10.0 Å². The van der Waals surface area contributed by atoms with Crippen molar-refractivity contribution in [1.29, 1.82) is 0 Å². The van der Waals surface area contributed by atoms with Gasteiger partial charge in [-0.2, -0.15) is 0 Å². The second-order valence-corrected chi connectivity index (χ2v) is 6.75. The molecule has 2 rings (SSSR count). The molecule has 0 saturated carbocycles. The van der Waals surface area contributed by atoms with Crippen molar-refractivity contribution in [3.05, 3.63) is 24.0 Å². The first-order valence-electron chi connectivity index (χ1n) is 6.53. The lowest BCUT2D eigenvalue weighted by Crippen LogP contribution is -2.22. The van der Waals surface area contributed by atoms with Crippen LogP contribution in [0.3, 0.4) is 0 Å². The van der Waals surface area contributed by atoms with Gasteiger partial charge in [0.05, 0.1) is 11.9 Å². The van der Waals surface area contributed by atoms with E-state index in [4.69, 9.17) is 4.74 Å². The highest BCUT2D eigenvalue weighted by atomic mass is 32.2. The minimum Gasteiger partial charge on any atom is -0.385 e. The third-order valence-electron chi connectivity index (χ3n) is 3.20. The first kappa shape index (κ1) is 15.1. The molecule has 5 nitrogen and oxygen atoms in total. The van der Waals surface area contributed by atoms with E-state index in [0.29, 0.717) is 11.6 Å². The number of benzene rings is 1. The summed E-state index contributed by atoms with van der Waals surface area (Å²) in [6.45, 7) is 2.32. The van der Waals surface area contributed by atoms with Crippen LogP contribution in [0.4, 0.5) is 15.8 Å². The largest absolute Gasteiger partial charge is 0.385 e. The summed E-state index contributed by atoms with van der Waals surface area (Å²) >= 11 is 0. The van der Waals surface area contributed by atoms with Gasteiger partial charge in [0, 0.05) is 25.4 Å². The van der Waals surface area contributed by atoms with E-state index in [1.807, 2.05) is 0 Å². The predicted octanol–water partition coefficient (Wildman–Crippen LogP) is 2.04. The number of hydrogen-bond acceptors (Lipinski definition) is 4. The monoisotopic (exact) mass is 302 g/mol. The highest BCUT2D eigenvalue weighted by Crippen LogP contribution is 2.22. The van der Waals surface area contributed by atoms with Crippen molar-refractivity contribution >= 4 is 21.4 Å². The maximum atomic E-state index is 13.5. The number of ether oxygens (including phenoxy) is 1. The summed E-state index contributed by atoms with van der Waals surface area (Å²) in [6.07, 6.45) is 3.00. The molecule has 1 aliphatic rings. The SMILES string of the molecule is CS(=O)(=O)Nc1cc(NCC2CCOCC2)ccc1F. The Balaban J connectivity index is 1.99. The summed E-state index contributed by atoms with van der Waals surface area (Å²) in [6, 6.07) is 4.32. The van der Waals surface area contributed by atoms with Crippen LogP contribution in [0.2, 0.25) is 0 Å². The Hall–Kier alpha value is -1.34. The molecular formula is C13H19FN2O3S. The molecule has 0 atom stereocenters. The molecule has 0 radical (unpaired) electrons. The van der Waals surface area contributed by atoms with Gasteiger partial charge < -0.3 is 10.1 Å². The van der Waals surface area contributed by atoms with Crippen LogP contribution in [0, 0.1) is 11.7 Å². The predicted molar refractivity (Wildman–Crippen MR) is 76.9 cm³/mol. The maximum absolute atomic E-state index is 13.5. The molecular weight excluding hydrogens is 283 g/mol. The zero-order valence-electron chi connectivity index (χ0n) is 11.4. The van der Waals surface area contributed by atoms with Crippen molar-refractivity contribution in [3.8, 4) is 0 Å². The van der Waals surface area contributed by atoms with Crippen LogP contribution in [-0.2, 0) is 14.8 Å². The van der Waals surface area contributed by atoms with Gasteiger partial charge in [-0.1, -0.05) is 0 Å². The summed E-state index contributed by atoms with van der Waals surface area (Å²) in [5.74, 6) is -0.0628. The van der Waals surface area contributed by atoms with Crippen molar-refractivity contribution in [2.75, 3.05) is 36.1 Å². The smallest absolute Gasteiger partial charge is 0.229 e. The highest BCUT2D eigenvalue weighted by molar-refractivity contribution is 7.92. The molecule has 1 heterocycles. The summed E-state index contributed by atoms with van der Waals surface area (Å²) in [5, 5.41) is 3.21. The van der Waals surface area contributed by atoms with Crippen molar-refractivity contribution < 1.29 is 17.5 Å². The summed E-state index contributed by atoms with van der Waals surface area (Å²) in [7, 11) is -3.49. The van der Waals surface area contributed by atoms with E-state index in [2.05, 4.69) is 10.0 Å². The van der Waals surface area contributed by atoms with E-state index < -0.39 is 15.8 Å². The molecule has 0 unspecified atom stereocenters. The Morgan fingerprint density at radius 2 is 2.05 bits per heavy atom. The van der Waals surface area contributed by atoms with Crippen molar-refractivity contribution in [2.45, 2.75) is 12.8 Å².